The minimum atomic E-state index is -0.874. The van der Waals surface area contributed by atoms with E-state index in [0.29, 0.717) is 12.5 Å². The molecule has 110 valence electrons. The molecule has 0 saturated heterocycles. The molecule has 1 rings (SSSR count). The van der Waals surface area contributed by atoms with Gasteiger partial charge in [-0.3, -0.25) is 4.79 Å². The van der Waals surface area contributed by atoms with E-state index in [4.69, 9.17) is 5.11 Å². The van der Waals surface area contributed by atoms with Gasteiger partial charge in [0.25, 0.3) is 0 Å². The highest BCUT2D eigenvalue weighted by molar-refractivity contribution is 5.76. The molecule has 0 aromatic carbocycles. The lowest BCUT2D eigenvalue weighted by molar-refractivity contribution is -0.137. The molecule has 1 fully saturated rings. The number of urea groups is 1. The van der Waals surface area contributed by atoms with Crippen LogP contribution in [0, 0.1) is 5.92 Å². The van der Waals surface area contributed by atoms with Crippen molar-refractivity contribution in [3.05, 3.63) is 0 Å². The highest BCUT2D eigenvalue weighted by Crippen LogP contribution is 2.26. The Balaban J connectivity index is 2.45. The molecular weight excluding hydrogens is 244 g/mol. The number of nitrogens with zero attached hydrogens (tertiary/aromatic N) is 1. The summed E-state index contributed by atoms with van der Waals surface area (Å²) in [7, 11) is 1.81. The maximum absolute atomic E-state index is 12.1. The fourth-order valence-electron chi connectivity index (χ4n) is 2.58. The molecule has 1 unspecified atom stereocenters. The van der Waals surface area contributed by atoms with E-state index in [-0.39, 0.29) is 18.5 Å². The molecule has 0 aliphatic heterocycles. The predicted molar refractivity (Wildman–Crippen MR) is 74.0 cm³/mol. The van der Waals surface area contributed by atoms with Gasteiger partial charge in [0, 0.05) is 19.1 Å². The highest BCUT2D eigenvalue weighted by atomic mass is 16.4. The van der Waals surface area contributed by atoms with E-state index in [1.165, 1.54) is 0 Å². The zero-order valence-corrected chi connectivity index (χ0v) is 12.2. The lowest BCUT2D eigenvalue weighted by Gasteiger charge is -2.34. The fourth-order valence-corrected chi connectivity index (χ4v) is 2.58. The first-order valence-electron chi connectivity index (χ1n) is 7.19. The standard InChI is InChI=1S/C14H26N2O3/c1-4-11(9-13(17)18)15-14(19)16(3)12-7-5-10(2)6-8-12/h10-12H,4-9H2,1-3H3,(H,15,19)(H,17,18). The van der Waals surface area contributed by atoms with E-state index in [1.54, 1.807) is 4.90 Å². The van der Waals surface area contributed by atoms with Crippen LogP contribution in [0.1, 0.15) is 52.4 Å². The van der Waals surface area contributed by atoms with E-state index in [0.717, 1.165) is 31.6 Å². The molecule has 5 nitrogen and oxygen atoms in total. The predicted octanol–water partition coefficient (Wildman–Crippen LogP) is 2.46. The second-order valence-corrected chi connectivity index (χ2v) is 5.68. The molecule has 1 aliphatic carbocycles. The maximum Gasteiger partial charge on any atom is 0.317 e. The number of hydrogen-bond donors (Lipinski definition) is 2. The van der Waals surface area contributed by atoms with E-state index in [2.05, 4.69) is 12.2 Å². The lowest BCUT2D eigenvalue weighted by atomic mass is 9.87. The first-order valence-corrected chi connectivity index (χ1v) is 7.19. The molecular formula is C14H26N2O3. The number of hydrogen-bond acceptors (Lipinski definition) is 2. The van der Waals surface area contributed by atoms with Gasteiger partial charge in [-0.05, 0) is 38.0 Å². The minimum Gasteiger partial charge on any atom is -0.481 e. The Kier molecular flexibility index (Phi) is 6.12. The number of rotatable bonds is 5. The Hall–Kier alpha value is -1.26. The number of amides is 2. The molecule has 1 aliphatic rings. The van der Waals surface area contributed by atoms with Gasteiger partial charge in [0.2, 0.25) is 0 Å². The van der Waals surface area contributed by atoms with Crippen LogP contribution in [0.5, 0.6) is 0 Å². The molecule has 0 radical (unpaired) electrons. The summed E-state index contributed by atoms with van der Waals surface area (Å²) < 4.78 is 0. The zero-order chi connectivity index (χ0) is 14.4. The summed E-state index contributed by atoms with van der Waals surface area (Å²) in [6.07, 6.45) is 5.02. The highest BCUT2D eigenvalue weighted by Gasteiger charge is 2.26. The summed E-state index contributed by atoms with van der Waals surface area (Å²) in [5.41, 5.74) is 0. The summed E-state index contributed by atoms with van der Waals surface area (Å²) in [4.78, 5) is 24.5. The van der Waals surface area contributed by atoms with Gasteiger partial charge < -0.3 is 15.3 Å². The third-order valence-electron chi connectivity index (χ3n) is 4.09. The normalized spacial score (nSPS) is 24.6. The van der Waals surface area contributed by atoms with Gasteiger partial charge in [-0.15, -0.1) is 0 Å². The van der Waals surface area contributed by atoms with Crippen LogP contribution in [0.15, 0.2) is 0 Å². The first-order chi connectivity index (χ1) is 8.93. The molecule has 0 aromatic rings. The minimum absolute atomic E-state index is 0.0161. The maximum atomic E-state index is 12.1. The van der Waals surface area contributed by atoms with Crippen molar-refractivity contribution in [2.24, 2.45) is 5.92 Å². The molecule has 1 saturated carbocycles. The summed E-state index contributed by atoms with van der Waals surface area (Å²) in [5.74, 6) is -0.121. The second-order valence-electron chi connectivity index (χ2n) is 5.68. The van der Waals surface area contributed by atoms with Gasteiger partial charge >= 0.3 is 12.0 Å². The van der Waals surface area contributed by atoms with Crippen molar-refractivity contribution in [1.82, 2.24) is 10.2 Å². The van der Waals surface area contributed by atoms with Crippen molar-refractivity contribution < 1.29 is 14.7 Å². The summed E-state index contributed by atoms with van der Waals surface area (Å²) in [6.45, 7) is 4.13. The van der Waals surface area contributed by atoms with Crippen molar-refractivity contribution in [3.63, 3.8) is 0 Å². The van der Waals surface area contributed by atoms with E-state index >= 15 is 0 Å². The Bertz CT molecular complexity index is 312. The second kappa shape index (κ2) is 7.36. The van der Waals surface area contributed by atoms with Gasteiger partial charge in [0.1, 0.15) is 0 Å². The van der Waals surface area contributed by atoms with E-state index in [9.17, 15) is 9.59 Å². The molecule has 0 aromatic heterocycles. The average Bonchev–Trinajstić information content (AvgIpc) is 2.37. The molecule has 1 atom stereocenters. The Morgan fingerprint density at radius 3 is 2.37 bits per heavy atom. The van der Waals surface area contributed by atoms with Gasteiger partial charge in [-0.1, -0.05) is 13.8 Å². The van der Waals surface area contributed by atoms with Gasteiger partial charge in [0.05, 0.1) is 6.42 Å². The Morgan fingerprint density at radius 2 is 1.89 bits per heavy atom. The number of carbonyl (C=O) groups is 2. The van der Waals surface area contributed by atoms with Crippen LogP contribution in [0.3, 0.4) is 0 Å². The number of carboxylic acid groups (broad SMARTS) is 1. The van der Waals surface area contributed by atoms with Crippen molar-refractivity contribution >= 4 is 12.0 Å². The Morgan fingerprint density at radius 1 is 1.32 bits per heavy atom. The number of nitrogens with one attached hydrogen (secondary N) is 1. The number of carboxylic acids is 1. The van der Waals surface area contributed by atoms with E-state index in [1.807, 2.05) is 14.0 Å². The lowest BCUT2D eigenvalue weighted by Crippen LogP contribution is -2.48. The molecule has 19 heavy (non-hydrogen) atoms. The van der Waals surface area contributed by atoms with Crippen LogP contribution in [-0.4, -0.2) is 41.1 Å². The van der Waals surface area contributed by atoms with Crippen LogP contribution < -0.4 is 5.32 Å². The summed E-state index contributed by atoms with van der Waals surface area (Å²) in [5, 5.41) is 11.6. The molecule has 2 N–H and O–H groups in total. The van der Waals surface area contributed by atoms with Crippen LogP contribution in [-0.2, 0) is 4.79 Å². The van der Waals surface area contributed by atoms with Crippen LogP contribution in [0.2, 0.25) is 0 Å². The zero-order valence-electron chi connectivity index (χ0n) is 12.2. The van der Waals surface area contributed by atoms with Crippen molar-refractivity contribution in [2.75, 3.05) is 7.05 Å². The number of aliphatic carboxylic acids is 1. The van der Waals surface area contributed by atoms with Gasteiger partial charge in [-0.2, -0.15) is 0 Å². The molecule has 5 heteroatoms. The van der Waals surface area contributed by atoms with Gasteiger partial charge in [0.15, 0.2) is 0 Å². The van der Waals surface area contributed by atoms with Crippen LogP contribution >= 0.6 is 0 Å². The van der Waals surface area contributed by atoms with Crippen molar-refractivity contribution in [1.29, 1.82) is 0 Å². The van der Waals surface area contributed by atoms with Crippen LogP contribution in [0.4, 0.5) is 4.79 Å². The average molecular weight is 270 g/mol. The summed E-state index contributed by atoms with van der Waals surface area (Å²) in [6, 6.07) is -0.138. The third-order valence-corrected chi connectivity index (χ3v) is 4.09. The van der Waals surface area contributed by atoms with Crippen molar-refractivity contribution in [2.45, 2.75) is 64.5 Å². The van der Waals surface area contributed by atoms with E-state index < -0.39 is 5.97 Å². The summed E-state index contributed by atoms with van der Waals surface area (Å²) >= 11 is 0. The monoisotopic (exact) mass is 270 g/mol. The number of carbonyl (C=O) groups excluding carboxylic acids is 1. The molecule has 2 amide bonds. The molecule has 0 spiro atoms. The van der Waals surface area contributed by atoms with Gasteiger partial charge in [-0.25, -0.2) is 4.79 Å². The SMILES string of the molecule is CCC(CC(=O)O)NC(=O)N(C)C1CCC(C)CC1. The largest absolute Gasteiger partial charge is 0.481 e. The molecule has 0 bridgehead atoms. The third kappa shape index (κ3) is 5.09. The van der Waals surface area contributed by atoms with Crippen molar-refractivity contribution in [3.8, 4) is 0 Å². The van der Waals surface area contributed by atoms with Crippen LogP contribution in [0.25, 0.3) is 0 Å². The fraction of sp³-hybridized carbons (Fsp3) is 0.857. The Labute approximate surface area is 115 Å². The molecule has 0 heterocycles. The topological polar surface area (TPSA) is 69.6 Å². The smallest absolute Gasteiger partial charge is 0.317 e. The first kappa shape index (κ1) is 15.8. The quantitative estimate of drug-likeness (QED) is 0.806.